The number of piperidine rings is 1. The summed E-state index contributed by atoms with van der Waals surface area (Å²) >= 11 is 0. The van der Waals surface area contributed by atoms with Crippen LogP contribution in [-0.2, 0) is 0 Å². The average Bonchev–Trinajstić information content (AvgIpc) is 2.69. The predicted molar refractivity (Wildman–Crippen MR) is 59.5 cm³/mol. The standard InChI is InChI=1S/C9H15N3.C2H6/c1-8-4-7-12(11-8)9-2-5-10-6-3-9;1-2/h4,7,9-10H,2-3,5-6H2,1H3;1-2H3. The number of nitrogens with zero attached hydrogens (tertiary/aromatic N) is 2. The Morgan fingerprint density at radius 3 is 2.50 bits per heavy atom. The molecule has 1 aliphatic heterocycles. The van der Waals surface area contributed by atoms with Crippen molar-refractivity contribution < 1.29 is 0 Å². The van der Waals surface area contributed by atoms with Crippen molar-refractivity contribution in [1.82, 2.24) is 15.1 Å². The lowest BCUT2D eigenvalue weighted by molar-refractivity contribution is 0.342. The van der Waals surface area contributed by atoms with Gasteiger partial charge in [0, 0.05) is 6.20 Å². The van der Waals surface area contributed by atoms with Crippen molar-refractivity contribution in [3.8, 4) is 0 Å². The highest BCUT2D eigenvalue weighted by molar-refractivity contribution is 4.96. The minimum Gasteiger partial charge on any atom is -0.317 e. The molecule has 1 fully saturated rings. The van der Waals surface area contributed by atoms with Gasteiger partial charge < -0.3 is 5.32 Å². The maximum absolute atomic E-state index is 4.42. The van der Waals surface area contributed by atoms with Gasteiger partial charge in [-0.2, -0.15) is 5.10 Å². The minimum atomic E-state index is 0.625. The van der Waals surface area contributed by atoms with E-state index in [9.17, 15) is 0 Å². The van der Waals surface area contributed by atoms with Gasteiger partial charge in [0.1, 0.15) is 0 Å². The Balaban J connectivity index is 0.000000461. The molecule has 1 aromatic rings. The number of nitrogens with one attached hydrogen (secondary N) is 1. The molecule has 1 aliphatic rings. The van der Waals surface area contributed by atoms with E-state index in [4.69, 9.17) is 0 Å². The van der Waals surface area contributed by atoms with Gasteiger partial charge in [-0.3, -0.25) is 4.68 Å². The van der Waals surface area contributed by atoms with Crippen LogP contribution in [0.3, 0.4) is 0 Å². The quantitative estimate of drug-likeness (QED) is 0.744. The summed E-state index contributed by atoms with van der Waals surface area (Å²) in [5, 5.41) is 7.77. The molecule has 2 rings (SSSR count). The fourth-order valence-corrected chi connectivity index (χ4v) is 1.71. The molecule has 0 saturated carbocycles. The highest BCUT2D eigenvalue weighted by atomic mass is 15.3. The normalized spacial score (nSPS) is 17.4. The molecule has 0 unspecified atom stereocenters. The van der Waals surface area contributed by atoms with Crippen molar-refractivity contribution in [2.24, 2.45) is 0 Å². The van der Waals surface area contributed by atoms with Crippen LogP contribution in [0.25, 0.3) is 0 Å². The first-order chi connectivity index (χ1) is 6.86. The minimum absolute atomic E-state index is 0.625. The van der Waals surface area contributed by atoms with E-state index in [-0.39, 0.29) is 0 Å². The first-order valence-corrected chi connectivity index (χ1v) is 5.59. The first kappa shape index (κ1) is 11.2. The lowest BCUT2D eigenvalue weighted by atomic mass is 10.1. The molecule has 1 N–H and O–H groups in total. The molecule has 0 radical (unpaired) electrons. The molecule has 14 heavy (non-hydrogen) atoms. The van der Waals surface area contributed by atoms with E-state index in [1.54, 1.807) is 0 Å². The van der Waals surface area contributed by atoms with Crippen molar-refractivity contribution in [3.05, 3.63) is 18.0 Å². The van der Waals surface area contributed by atoms with Crippen molar-refractivity contribution in [1.29, 1.82) is 0 Å². The van der Waals surface area contributed by atoms with Crippen molar-refractivity contribution in [2.75, 3.05) is 13.1 Å². The zero-order valence-corrected chi connectivity index (χ0v) is 9.45. The van der Waals surface area contributed by atoms with Gasteiger partial charge in [-0.25, -0.2) is 0 Å². The number of rotatable bonds is 1. The fourth-order valence-electron chi connectivity index (χ4n) is 1.71. The number of aryl methyl sites for hydroxylation is 1. The molecule has 1 aromatic heterocycles. The summed E-state index contributed by atoms with van der Waals surface area (Å²) in [6.07, 6.45) is 4.51. The molecule has 80 valence electrons. The Hall–Kier alpha value is -0.830. The second-order valence-corrected chi connectivity index (χ2v) is 3.42. The average molecular weight is 195 g/mol. The fraction of sp³-hybridized carbons (Fsp3) is 0.727. The van der Waals surface area contributed by atoms with Gasteiger partial charge in [-0.05, 0) is 38.9 Å². The van der Waals surface area contributed by atoms with Gasteiger partial charge in [-0.1, -0.05) is 13.8 Å². The van der Waals surface area contributed by atoms with E-state index in [2.05, 4.69) is 27.4 Å². The van der Waals surface area contributed by atoms with Crippen molar-refractivity contribution in [2.45, 2.75) is 39.7 Å². The summed E-state index contributed by atoms with van der Waals surface area (Å²) in [5.41, 5.74) is 1.12. The summed E-state index contributed by atoms with van der Waals surface area (Å²) in [5.74, 6) is 0. The Morgan fingerprint density at radius 1 is 1.36 bits per heavy atom. The molecule has 0 bridgehead atoms. The maximum atomic E-state index is 4.42. The summed E-state index contributed by atoms with van der Waals surface area (Å²) in [6, 6.07) is 2.70. The van der Waals surface area contributed by atoms with Gasteiger partial charge in [-0.15, -0.1) is 0 Å². The molecule has 0 aliphatic carbocycles. The molecule has 3 nitrogen and oxygen atoms in total. The zero-order chi connectivity index (χ0) is 10.4. The molecule has 3 heteroatoms. The molecular formula is C11H21N3. The van der Waals surface area contributed by atoms with Gasteiger partial charge in [0.05, 0.1) is 11.7 Å². The Bertz CT molecular complexity index is 249. The van der Waals surface area contributed by atoms with Crippen molar-refractivity contribution in [3.63, 3.8) is 0 Å². The highest BCUT2D eigenvalue weighted by Gasteiger charge is 2.14. The predicted octanol–water partition coefficient (Wildman–Crippen LogP) is 2.14. The van der Waals surface area contributed by atoms with E-state index in [0.717, 1.165) is 18.8 Å². The second-order valence-electron chi connectivity index (χ2n) is 3.42. The van der Waals surface area contributed by atoms with Crippen LogP contribution in [0.1, 0.15) is 38.4 Å². The maximum Gasteiger partial charge on any atom is 0.0593 e. The van der Waals surface area contributed by atoms with E-state index in [1.165, 1.54) is 12.8 Å². The van der Waals surface area contributed by atoms with Gasteiger partial charge in [0.2, 0.25) is 0 Å². The molecule has 0 atom stereocenters. The van der Waals surface area contributed by atoms with Gasteiger partial charge >= 0.3 is 0 Å². The van der Waals surface area contributed by atoms with Crippen molar-refractivity contribution >= 4 is 0 Å². The third-order valence-corrected chi connectivity index (χ3v) is 2.42. The van der Waals surface area contributed by atoms with Crippen LogP contribution in [0.4, 0.5) is 0 Å². The topological polar surface area (TPSA) is 29.9 Å². The van der Waals surface area contributed by atoms with Crippen LogP contribution in [-0.4, -0.2) is 22.9 Å². The van der Waals surface area contributed by atoms with Crippen LogP contribution in [0, 0.1) is 6.92 Å². The molecule has 0 amide bonds. The largest absolute Gasteiger partial charge is 0.317 e. The van der Waals surface area contributed by atoms with Crippen LogP contribution < -0.4 is 5.32 Å². The first-order valence-electron chi connectivity index (χ1n) is 5.59. The lowest BCUT2D eigenvalue weighted by Crippen LogP contribution is -2.29. The van der Waals surface area contributed by atoms with Crippen LogP contribution >= 0.6 is 0 Å². The van der Waals surface area contributed by atoms with E-state index < -0.39 is 0 Å². The van der Waals surface area contributed by atoms with E-state index >= 15 is 0 Å². The molecule has 2 heterocycles. The number of aromatic nitrogens is 2. The van der Waals surface area contributed by atoms with Gasteiger partial charge in [0.15, 0.2) is 0 Å². The summed E-state index contributed by atoms with van der Waals surface area (Å²) in [6.45, 7) is 8.30. The SMILES string of the molecule is CC.Cc1ccn(C2CCNCC2)n1. The highest BCUT2D eigenvalue weighted by Crippen LogP contribution is 2.17. The third-order valence-electron chi connectivity index (χ3n) is 2.42. The lowest BCUT2D eigenvalue weighted by Gasteiger charge is -2.22. The molecule has 0 spiro atoms. The summed E-state index contributed by atoms with van der Waals surface area (Å²) < 4.78 is 2.11. The molecule has 1 saturated heterocycles. The van der Waals surface area contributed by atoms with E-state index in [1.807, 2.05) is 20.8 Å². The zero-order valence-electron chi connectivity index (χ0n) is 9.45. The monoisotopic (exact) mass is 195 g/mol. The number of hydrogen-bond donors (Lipinski definition) is 1. The van der Waals surface area contributed by atoms with Gasteiger partial charge in [0.25, 0.3) is 0 Å². The van der Waals surface area contributed by atoms with Crippen LogP contribution in [0.2, 0.25) is 0 Å². The Labute approximate surface area is 86.5 Å². The summed E-state index contributed by atoms with van der Waals surface area (Å²) in [4.78, 5) is 0. The number of hydrogen-bond acceptors (Lipinski definition) is 2. The smallest absolute Gasteiger partial charge is 0.0593 e. The van der Waals surface area contributed by atoms with Crippen LogP contribution in [0.5, 0.6) is 0 Å². The Kier molecular flexibility index (Phi) is 4.66. The molecule has 0 aromatic carbocycles. The summed E-state index contributed by atoms with van der Waals surface area (Å²) in [7, 11) is 0. The Morgan fingerprint density at radius 2 is 2.00 bits per heavy atom. The third kappa shape index (κ3) is 2.84. The molecular weight excluding hydrogens is 174 g/mol. The van der Waals surface area contributed by atoms with E-state index in [0.29, 0.717) is 6.04 Å². The van der Waals surface area contributed by atoms with Crippen LogP contribution in [0.15, 0.2) is 12.3 Å². The second kappa shape index (κ2) is 5.81.